The van der Waals surface area contributed by atoms with Crippen molar-refractivity contribution < 1.29 is 4.74 Å². The minimum absolute atomic E-state index is 0.182. The Morgan fingerprint density at radius 1 is 1.12 bits per heavy atom. The molecule has 4 rings (SSSR count). The van der Waals surface area contributed by atoms with E-state index in [1.54, 1.807) is 24.4 Å². The van der Waals surface area contributed by atoms with Crippen LogP contribution in [0, 0.1) is 6.57 Å². The molecule has 0 amide bonds. The van der Waals surface area contributed by atoms with Gasteiger partial charge in [-0.3, -0.25) is 4.98 Å². The molecule has 2 aliphatic heterocycles. The number of piperidine rings is 1. The summed E-state index contributed by atoms with van der Waals surface area (Å²) in [5.74, 6) is 0.697. The van der Waals surface area contributed by atoms with Gasteiger partial charge in [-0.15, -0.1) is 0 Å². The highest BCUT2D eigenvalue weighted by molar-refractivity contribution is 6.36. The third-order valence-electron chi connectivity index (χ3n) is 4.83. The average molecular weight is 374 g/mol. The smallest absolute Gasteiger partial charge is 0.191 e. The first kappa shape index (κ1) is 16.7. The summed E-state index contributed by atoms with van der Waals surface area (Å²) < 4.78 is 6.22. The maximum absolute atomic E-state index is 7.37. The number of nitrogens with zero attached hydrogens (tertiary/aromatic N) is 2. The molecule has 3 heterocycles. The molecule has 4 nitrogen and oxygen atoms in total. The van der Waals surface area contributed by atoms with Crippen LogP contribution < -0.4 is 10.1 Å². The summed E-state index contributed by atoms with van der Waals surface area (Å²) in [6.45, 7) is 7.37. The van der Waals surface area contributed by atoms with Gasteiger partial charge in [-0.25, -0.2) is 4.85 Å². The minimum atomic E-state index is 0.182. The summed E-state index contributed by atoms with van der Waals surface area (Å²) in [5, 5.41) is 4.55. The van der Waals surface area contributed by atoms with Crippen molar-refractivity contribution in [1.82, 2.24) is 10.3 Å². The summed E-state index contributed by atoms with van der Waals surface area (Å²) >= 11 is 12.2. The van der Waals surface area contributed by atoms with Gasteiger partial charge in [0, 0.05) is 18.3 Å². The fraction of sp³-hybridized carbons (Fsp3) is 0.368. The van der Waals surface area contributed by atoms with Gasteiger partial charge in [-0.2, -0.15) is 0 Å². The molecule has 2 fully saturated rings. The standard InChI is InChI=1S/C19H17Cl2N3O/c1-22-15-4-11(19-18(21)6-12(20)10-23-19)5-16(9-15)25-17-7-13-2-3-14(8-17)24-13/h4-6,9-10,13-14,17,24H,2-3,7-8H2/t13-,14+,17?. The van der Waals surface area contributed by atoms with E-state index >= 15 is 0 Å². The minimum Gasteiger partial charge on any atom is -0.492 e. The van der Waals surface area contributed by atoms with Crippen LogP contribution in [0.25, 0.3) is 16.1 Å². The van der Waals surface area contributed by atoms with Crippen molar-refractivity contribution in [2.75, 3.05) is 0 Å². The molecule has 1 N–H and O–H groups in total. The zero-order chi connectivity index (χ0) is 17.4. The first-order chi connectivity index (χ1) is 12.1. The highest BCUT2D eigenvalue weighted by Gasteiger charge is 2.34. The number of fused-ring (bicyclic) bond motifs is 2. The van der Waals surface area contributed by atoms with E-state index in [4.69, 9.17) is 34.5 Å². The molecule has 25 heavy (non-hydrogen) atoms. The Labute approximate surface area is 156 Å². The largest absolute Gasteiger partial charge is 0.492 e. The lowest BCUT2D eigenvalue weighted by molar-refractivity contribution is 0.137. The number of hydrogen-bond acceptors (Lipinski definition) is 3. The van der Waals surface area contributed by atoms with E-state index in [1.807, 2.05) is 6.07 Å². The maximum Gasteiger partial charge on any atom is 0.191 e. The molecule has 2 saturated heterocycles. The third-order valence-corrected chi connectivity index (χ3v) is 5.33. The van der Waals surface area contributed by atoms with Crippen LogP contribution in [-0.4, -0.2) is 23.2 Å². The number of hydrogen-bond donors (Lipinski definition) is 1. The molecule has 0 spiro atoms. The van der Waals surface area contributed by atoms with Crippen LogP contribution in [0.2, 0.25) is 10.0 Å². The second-order valence-electron chi connectivity index (χ2n) is 6.66. The zero-order valence-electron chi connectivity index (χ0n) is 13.5. The van der Waals surface area contributed by atoms with Gasteiger partial charge in [0.2, 0.25) is 0 Å². The summed E-state index contributed by atoms with van der Waals surface area (Å²) in [6.07, 6.45) is 6.20. The topological polar surface area (TPSA) is 38.5 Å². The van der Waals surface area contributed by atoms with E-state index in [-0.39, 0.29) is 6.10 Å². The van der Waals surface area contributed by atoms with Crippen LogP contribution in [0.15, 0.2) is 30.5 Å². The average Bonchev–Trinajstić information content (AvgIpc) is 2.93. The first-order valence-electron chi connectivity index (χ1n) is 8.37. The Hall–Kier alpha value is -1.80. The number of nitrogens with one attached hydrogen (secondary N) is 1. The van der Waals surface area contributed by atoms with Crippen molar-refractivity contribution in [3.05, 3.63) is 51.9 Å². The van der Waals surface area contributed by atoms with Crippen LogP contribution >= 0.6 is 23.2 Å². The Kier molecular flexibility index (Phi) is 4.56. The molecule has 2 bridgehead atoms. The van der Waals surface area contributed by atoms with Crippen molar-refractivity contribution in [2.45, 2.75) is 43.9 Å². The molecule has 2 aliphatic rings. The Balaban J connectivity index is 1.63. The predicted octanol–water partition coefficient (Wildman–Crippen LogP) is 5.27. The van der Waals surface area contributed by atoms with Crippen LogP contribution in [0.1, 0.15) is 25.7 Å². The molecule has 6 heteroatoms. The van der Waals surface area contributed by atoms with Crippen LogP contribution in [0.4, 0.5) is 5.69 Å². The number of halogens is 2. The lowest BCUT2D eigenvalue weighted by Gasteiger charge is -2.29. The Morgan fingerprint density at radius 3 is 2.56 bits per heavy atom. The van der Waals surface area contributed by atoms with E-state index < -0.39 is 0 Å². The number of ether oxygens (including phenoxy) is 1. The summed E-state index contributed by atoms with van der Waals surface area (Å²) in [6, 6.07) is 8.22. The summed E-state index contributed by atoms with van der Waals surface area (Å²) in [7, 11) is 0. The quantitative estimate of drug-likeness (QED) is 0.744. The highest BCUT2D eigenvalue weighted by Crippen LogP contribution is 2.36. The highest BCUT2D eigenvalue weighted by atomic mass is 35.5. The van der Waals surface area contributed by atoms with Crippen LogP contribution in [0.5, 0.6) is 5.75 Å². The number of benzene rings is 1. The fourth-order valence-electron chi connectivity index (χ4n) is 3.77. The van der Waals surface area contributed by atoms with Gasteiger partial charge >= 0.3 is 0 Å². The Bertz CT molecular complexity index is 837. The molecule has 2 aromatic rings. The molecule has 1 aromatic carbocycles. The van der Waals surface area contributed by atoms with Gasteiger partial charge in [0.05, 0.1) is 22.3 Å². The van der Waals surface area contributed by atoms with Gasteiger partial charge in [0.15, 0.2) is 5.69 Å². The summed E-state index contributed by atoms with van der Waals surface area (Å²) in [5.41, 5.74) is 1.88. The van der Waals surface area contributed by atoms with Gasteiger partial charge in [0.25, 0.3) is 0 Å². The third kappa shape index (κ3) is 3.59. The molecular formula is C19H17Cl2N3O. The fourth-order valence-corrected chi connectivity index (χ4v) is 4.26. The molecule has 128 valence electrons. The monoisotopic (exact) mass is 373 g/mol. The van der Waals surface area contributed by atoms with E-state index in [0.29, 0.717) is 39.3 Å². The van der Waals surface area contributed by atoms with Crippen LogP contribution in [0.3, 0.4) is 0 Å². The number of aromatic nitrogens is 1. The van der Waals surface area contributed by atoms with Crippen molar-refractivity contribution in [3.63, 3.8) is 0 Å². The van der Waals surface area contributed by atoms with Gasteiger partial charge < -0.3 is 10.1 Å². The van der Waals surface area contributed by atoms with Crippen molar-refractivity contribution >= 4 is 28.9 Å². The van der Waals surface area contributed by atoms with Gasteiger partial charge in [-0.1, -0.05) is 23.2 Å². The first-order valence-corrected chi connectivity index (χ1v) is 9.13. The second-order valence-corrected chi connectivity index (χ2v) is 7.50. The van der Waals surface area contributed by atoms with Gasteiger partial charge in [0.1, 0.15) is 11.9 Å². The maximum atomic E-state index is 7.37. The molecule has 0 radical (unpaired) electrons. The molecular weight excluding hydrogens is 357 g/mol. The van der Waals surface area contributed by atoms with Crippen LogP contribution in [-0.2, 0) is 0 Å². The number of rotatable bonds is 3. The predicted molar refractivity (Wildman–Crippen MR) is 99.6 cm³/mol. The summed E-state index contributed by atoms with van der Waals surface area (Å²) in [4.78, 5) is 7.87. The lowest BCUT2D eigenvalue weighted by Crippen LogP contribution is -2.42. The lowest BCUT2D eigenvalue weighted by atomic mass is 10.0. The Morgan fingerprint density at radius 2 is 1.88 bits per heavy atom. The second kappa shape index (κ2) is 6.84. The SMILES string of the molecule is [C-]#[N+]c1cc(OC2C[C@H]3CC[C@@H](C2)N3)cc(-c2ncc(Cl)cc2Cl)c1. The normalized spacial score (nSPS) is 24.8. The van der Waals surface area contributed by atoms with Crippen molar-refractivity contribution in [3.8, 4) is 17.0 Å². The molecule has 0 saturated carbocycles. The van der Waals surface area contributed by atoms with E-state index in [2.05, 4.69) is 15.1 Å². The zero-order valence-corrected chi connectivity index (χ0v) is 15.0. The molecule has 1 unspecified atom stereocenters. The van der Waals surface area contributed by atoms with E-state index in [1.165, 1.54) is 12.8 Å². The van der Waals surface area contributed by atoms with Gasteiger partial charge in [-0.05, 0) is 55.5 Å². The molecule has 0 aliphatic carbocycles. The molecule has 1 aromatic heterocycles. The molecule has 3 atom stereocenters. The van der Waals surface area contributed by atoms with Crippen molar-refractivity contribution in [2.24, 2.45) is 0 Å². The number of pyridine rings is 1. The van der Waals surface area contributed by atoms with Crippen molar-refractivity contribution in [1.29, 1.82) is 0 Å². The van der Waals surface area contributed by atoms with E-state index in [9.17, 15) is 0 Å². The van der Waals surface area contributed by atoms with E-state index in [0.717, 1.165) is 18.4 Å².